The molecule has 1 aromatic carbocycles. The topological polar surface area (TPSA) is 50.8 Å². The third-order valence-electron chi connectivity index (χ3n) is 3.15. The number of hydrogen-bond acceptors (Lipinski definition) is 3. The fraction of sp³-hybridized carbons (Fsp3) is 0.429. The lowest BCUT2D eigenvalue weighted by Crippen LogP contribution is -2.22. The Bertz CT molecular complexity index is 703. The van der Waals surface area contributed by atoms with Crippen LogP contribution in [0.2, 0.25) is 31.0 Å². The molecule has 21 heavy (non-hydrogen) atoms. The van der Waals surface area contributed by atoms with Crippen molar-refractivity contribution in [2.75, 3.05) is 6.61 Å². The van der Waals surface area contributed by atoms with Gasteiger partial charge in [0.25, 0.3) is 0 Å². The zero-order valence-electron chi connectivity index (χ0n) is 12.3. The Kier molecular flexibility index (Phi) is 4.66. The molecular weight excluding hydrogens is 309 g/mol. The van der Waals surface area contributed by atoms with Crippen molar-refractivity contribution in [3.05, 3.63) is 28.8 Å². The number of benzene rings is 1. The molecular formula is C14H17ClFN3OSi. The van der Waals surface area contributed by atoms with Crippen LogP contribution in [0.15, 0.2) is 12.1 Å². The zero-order chi connectivity index (χ0) is 15.6. The van der Waals surface area contributed by atoms with Crippen molar-refractivity contribution in [2.45, 2.75) is 32.4 Å². The number of fused-ring (bicyclic) bond motifs is 1. The summed E-state index contributed by atoms with van der Waals surface area (Å²) in [7, 11) is -1.14. The van der Waals surface area contributed by atoms with Crippen LogP contribution in [0, 0.1) is 17.1 Å². The van der Waals surface area contributed by atoms with E-state index in [4.69, 9.17) is 21.6 Å². The van der Waals surface area contributed by atoms with Gasteiger partial charge in [0, 0.05) is 14.7 Å². The van der Waals surface area contributed by atoms with Crippen molar-refractivity contribution in [2.24, 2.45) is 0 Å². The van der Waals surface area contributed by atoms with Crippen LogP contribution in [0.25, 0.3) is 11.0 Å². The summed E-state index contributed by atoms with van der Waals surface area (Å²) in [6.07, 6.45) is 0. The highest BCUT2D eigenvalue weighted by Gasteiger charge is 2.16. The SMILES string of the molecule is C[Si](C)(C)CCOCn1c(Cl)nc2c(C#N)c(F)ccc21. The molecule has 0 aliphatic heterocycles. The molecule has 0 N–H and O–H groups in total. The maximum atomic E-state index is 13.6. The molecule has 0 amide bonds. The van der Waals surface area contributed by atoms with Gasteiger partial charge in [0.2, 0.25) is 5.28 Å². The molecule has 1 aromatic heterocycles. The normalized spacial score (nSPS) is 11.8. The molecule has 0 unspecified atom stereocenters. The number of nitriles is 1. The van der Waals surface area contributed by atoms with E-state index in [9.17, 15) is 4.39 Å². The summed E-state index contributed by atoms with van der Waals surface area (Å²) < 4.78 is 20.8. The van der Waals surface area contributed by atoms with Gasteiger partial charge >= 0.3 is 0 Å². The standard InChI is InChI=1S/C14H17ClFN3OSi/c1-21(2,3)7-6-20-9-19-12-5-4-11(16)10(8-17)13(12)18-14(19)15/h4-5H,6-7,9H2,1-3H3. The molecule has 0 bridgehead atoms. The van der Waals surface area contributed by atoms with E-state index in [1.54, 1.807) is 10.6 Å². The van der Waals surface area contributed by atoms with Crippen molar-refractivity contribution in [1.29, 1.82) is 5.26 Å². The fourth-order valence-electron chi connectivity index (χ4n) is 1.90. The molecule has 1 heterocycles. The van der Waals surface area contributed by atoms with E-state index in [0.717, 1.165) is 6.04 Å². The first-order chi connectivity index (χ1) is 9.83. The number of hydrogen-bond donors (Lipinski definition) is 0. The summed E-state index contributed by atoms with van der Waals surface area (Å²) in [4.78, 5) is 4.07. The minimum absolute atomic E-state index is 0.0877. The highest BCUT2D eigenvalue weighted by Crippen LogP contribution is 2.24. The van der Waals surface area contributed by atoms with Crippen LogP contribution in [0.3, 0.4) is 0 Å². The second-order valence-electron chi connectivity index (χ2n) is 6.06. The maximum absolute atomic E-state index is 13.6. The predicted octanol–water partition coefficient (Wildman–Crippen LogP) is 4.01. The Labute approximate surface area is 129 Å². The van der Waals surface area contributed by atoms with E-state index in [1.165, 1.54) is 6.07 Å². The molecule has 0 radical (unpaired) electrons. The summed E-state index contributed by atoms with van der Waals surface area (Å²) >= 11 is 6.07. The van der Waals surface area contributed by atoms with E-state index in [2.05, 4.69) is 24.6 Å². The van der Waals surface area contributed by atoms with Crippen LogP contribution >= 0.6 is 11.6 Å². The molecule has 0 spiro atoms. The van der Waals surface area contributed by atoms with Crippen LogP contribution in [0.5, 0.6) is 0 Å². The summed E-state index contributed by atoms with van der Waals surface area (Å²) in [6.45, 7) is 7.72. The van der Waals surface area contributed by atoms with Gasteiger partial charge in [-0.3, -0.25) is 4.57 Å². The summed E-state index contributed by atoms with van der Waals surface area (Å²) in [5.74, 6) is -0.592. The lowest BCUT2D eigenvalue weighted by molar-refractivity contribution is 0.0900. The maximum Gasteiger partial charge on any atom is 0.205 e. The van der Waals surface area contributed by atoms with Crippen LogP contribution in [0.4, 0.5) is 4.39 Å². The fourth-order valence-corrected chi connectivity index (χ4v) is 2.88. The van der Waals surface area contributed by atoms with Gasteiger partial charge in [-0.1, -0.05) is 19.6 Å². The molecule has 0 atom stereocenters. The zero-order valence-corrected chi connectivity index (χ0v) is 14.0. The largest absolute Gasteiger partial charge is 0.361 e. The number of imidazole rings is 1. The number of halogens is 2. The molecule has 2 aromatic rings. The predicted molar refractivity (Wildman–Crippen MR) is 83.5 cm³/mol. The van der Waals surface area contributed by atoms with Crippen LogP contribution in [-0.2, 0) is 11.5 Å². The van der Waals surface area contributed by atoms with Gasteiger partial charge in [-0.15, -0.1) is 0 Å². The first-order valence-corrected chi connectivity index (χ1v) is 10.7. The summed E-state index contributed by atoms with van der Waals surface area (Å²) in [5.41, 5.74) is 0.789. The monoisotopic (exact) mass is 325 g/mol. The Morgan fingerprint density at radius 3 is 2.76 bits per heavy atom. The second kappa shape index (κ2) is 6.14. The van der Waals surface area contributed by atoms with Crippen molar-refractivity contribution >= 4 is 30.7 Å². The molecule has 0 saturated carbocycles. The van der Waals surface area contributed by atoms with Gasteiger partial charge in [0.1, 0.15) is 29.7 Å². The Morgan fingerprint density at radius 1 is 1.43 bits per heavy atom. The van der Waals surface area contributed by atoms with Crippen LogP contribution in [0.1, 0.15) is 5.56 Å². The molecule has 0 fully saturated rings. The van der Waals surface area contributed by atoms with Gasteiger partial charge in [-0.05, 0) is 29.8 Å². The van der Waals surface area contributed by atoms with E-state index in [1.807, 2.05) is 6.07 Å². The first-order valence-electron chi connectivity index (χ1n) is 6.65. The van der Waals surface area contributed by atoms with E-state index in [-0.39, 0.29) is 23.1 Å². The third kappa shape index (κ3) is 3.62. The smallest absolute Gasteiger partial charge is 0.205 e. The number of nitrogens with zero attached hydrogens (tertiary/aromatic N) is 3. The quantitative estimate of drug-likeness (QED) is 0.616. The molecule has 2 rings (SSSR count). The highest BCUT2D eigenvalue weighted by atomic mass is 35.5. The Balaban J connectivity index is 2.21. The molecule has 0 aliphatic carbocycles. The minimum atomic E-state index is -1.14. The van der Waals surface area contributed by atoms with Gasteiger partial charge in [-0.25, -0.2) is 9.37 Å². The summed E-state index contributed by atoms with van der Waals surface area (Å²) in [5, 5.41) is 9.21. The van der Waals surface area contributed by atoms with Crippen molar-refractivity contribution < 1.29 is 9.13 Å². The Morgan fingerprint density at radius 2 is 2.14 bits per heavy atom. The van der Waals surface area contributed by atoms with Crippen LogP contribution in [-0.4, -0.2) is 24.2 Å². The third-order valence-corrected chi connectivity index (χ3v) is 5.14. The Hall–Kier alpha value is -1.42. The van der Waals surface area contributed by atoms with E-state index >= 15 is 0 Å². The summed E-state index contributed by atoms with van der Waals surface area (Å²) in [6, 6.07) is 5.68. The molecule has 7 heteroatoms. The average molecular weight is 326 g/mol. The van der Waals surface area contributed by atoms with Gasteiger partial charge < -0.3 is 4.74 Å². The van der Waals surface area contributed by atoms with Gasteiger partial charge in [0.15, 0.2) is 0 Å². The van der Waals surface area contributed by atoms with Crippen LogP contribution < -0.4 is 0 Å². The average Bonchev–Trinajstić information content (AvgIpc) is 2.69. The molecule has 112 valence electrons. The molecule has 4 nitrogen and oxygen atoms in total. The highest BCUT2D eigenvalue weighted by molar-refractivity contribution is 6.76. The minimum Gasteiger partial charge on any atom is -0.361 e. The lowest BCUT2D eigenvalue weighted by Gasteiger charge is -2.15. The van der Waals surface area contributed by atoms with Crippen molar-refractivity contribution in [1.82, 2.24) is 9.55 Å². The molecule has 0 saturated heterocycles. The van der Waals surface area contributed by atoms with E-state index < -0.39 is 13.9 Å². The van der Waals surface area contributed by atoms with Crippen molar-refractivity contribution in [3.8, 4) is 6.07 Å². The van der Waals surface area contributed by atoms with Gasteiger partial charge in [0.05, 0.1) is 5.52 Å². The first kappa shape index (κ1) is 16.0. The van der Waals surface area contributed by atoms with E-state index in [0.29, 0.717) is 12.1 Å². The number of rotatable bonds is 5. The van der Waals surface area contributed by atoms with Crippen molar-refractivity contribution in [3.63, 3.8) is 0 Å². The van der Waals surface area contributed by atoms with Gasteiger partial charge in [-0.2, -0.15) is 5.26 Å². The number of ether oxygens (including phenoxy) is 1. The number of aromatic nitrogens is 2. The second-order valence-corrected chi connectivity index (χ2v) is 12.0. The molecule has 0 aliphatic rings. The lowest BCUT2D eigenvalue weighted by atomic mass is 10.2.